The number of hydrogen-bond acceptors (Lipinski definition) is 2. The molecule has 0 radical (unpaired) electrons. The predicted molar refractivity (Wildman–Crippen MR) is 70.8 cm³/mol. The molecule has 2 unspecified atom stereocenters. The van der Waals surface area contributed by atoms with Crippen molar-refractivity contribution in [2.45, 2.75) is 18.6 Å². The molecule has 4 heteroatoms. The Balaban J connectivity index is 2.10. The molecule has 1 fully saturated rings. The van der Waals surface area contributed by atoms with Crippen LogP contribution in [0.15, 0.2) is 39.8 Å². The molecule has 1 heterocycles. The van der Waals surface area contributed by atoms with Crippen LogP contribution in [0.4, 0.5) is 0 Å². The molecule has 0 bridgehead atoms. The summed E-state index contributed by atoms with van der Waals surface area (Å²) in [5.74, 6) is 0.830. The van der Waals surface area contributed by atoms with Crippen LogP contribution in [0.25, 0.3) is 0 Å². The second-order valence-electron chi connectivity index (χ2n) is 3.63. The number of benzene rings is 1. The monoisotopic (exact) mass is 346 g/mol. The minimum Gasteiger partial charge on any atom is -0.486 e. The van der Waals surface area contributed by atoms with Gasteiger partial charge in [-0.2, -0.15) is 0 Å². The molecule has 16 heavy (non-hydrogen) atoms. The Labute approximate surface area is 112 Å². The zero-order valence-corrected chi connectivity index (χ0v) is 11.8. The average Bonchev–Trinajstić information content (AvgIpc) is 3.06. The molecule has 0 N–H and O–H groups in total. The molecule has 2 nitrogen and oxygen atoms in total. The van der Waals surface area contributed by atoms with E-state index in [0.29, 0.717) is 0 Å². The van der Waals surface area contributed by atoms with Gasteiger partial charge in [0.25, 0.3) is 0 Å². The van der Waals surface area contributed by atoms with Crippen molar-refractivity contribution >= 4 is 31.9 Å². The van der Waals surface area contributed by atoms with Crippen LogP contribution >= 0.6 is 31.9 Å². The molecular formula is C12H12Br2O2. The molecule has 1 aliphatic heterocycles. The third-order valence-electron chi connectivity index (χ3n) is 2.34. The highest BCUT2D eigenvalue weighted by Crippen LogP contribution is 2.31. The fourth-order valence-corrected chi connectivity index (χ4v) is 2.12. The van der Waals surface area contributed by atoms with Gasteiger partial charge in [0.15, 0.2) is 0 Å². The Hall–Kier alpha value is -0.320. The maximum Gasteiger partial charge on any atom is 0.135 e. The molecule has 1 saturated heterocycles. The van der Waals surface area contributed by atoms with E-state index in [9.17, 15) is 0 Å². The summed E-state index contributed by atoms with van der Waals surface area (Å²) in [6.07, 6.45) is 2.92. The molecule has 2 atom stereocenters. The maximum atomic E-state index is 5.92. The topological polar surface area (TPSA) is 21.8 Å². The first-order valence-corrected chi connectivity index (χ1v) is 6.63. The van der Waals surface area contributed by atoms with Crippen molar-refractivity contribution in [1.29, 1.82) is 0 Å². The Kier molecular flexibility index (Phi) is 4.05. The molecule has 0 aliphatic carbocycles. The van der Waals surface area contributed by atoms with Gasteiger partial charge in [-0.25, -0.2) is 0 Å². The summed E-state index contributed by atoms with van der Waals surface area (Å²) in [6.45, 7) is 4.52. The van der Waals surface area contributed by atoms with E-state index >= 15 is 0 Å². The van der Waals surface area contributed by atoms with Gasteiger partial charge in [0.1, 0.15) is 18.0 Å². The summed E-state index contributed by atoms with van der Waals surface area (Å²) in [7, 11) is 0. The molecule has 2 rings (SSSR count). The third kappa shape index (κ3) is 3.09. The largest absolute Gasteiger partial charge is 0.486 e. The summed E-state index contributed by atoms with van der Waals surface area (Å²) >= 11 is 6.89. The first-order valence-electron chi connectivity index (χ1n) is 5.05. The Morgan fingerprint density at radius 1 is 1.56 bits per heavy atom. The highest BCUT2D eigenvalue weighted by Gasteiger charge is 2.33. The molecule has 0 aromatic heterocycles. The molecule has 86 valence electrons. The van der Waals surface area contributed by atoms with Crippen LogP contribution < -0.4 is 4.74 Å². The maximum absolute atomic E-state index is 5.92. The Bertz CT molecular complexity index is 389. The van der Waals surface area contributed by atoms with Gasteiger partial charge in [-0.05, 0) is 34.1 Å². The average molecular weight is 348 g/mol. The van der Waals surface area contributed by atoms with Gasteiger partial charge < -0.3 is 9.47 Å². The second-order valence-corrected chi connectivity index (χ2v) is 5.40. The number of halogens is 2. The SMILES string of the molecule is C=CCC(Oc1cc(Br)ccc1Br)C1CO1. The summed E-state index contributed by atoms with van der Waals surface area (Å²) < 4.78 is 13.1. The van der Waals surface area contributed by atoms with E-state index < -0.39 is 0 Å². The van der Waals surface area contributed by atoms with Gasteiger partial charge in [-0.15, -0.1) is 6.58 Å². The first-order chi connectivity index (χ1) is 7.70. The van der Waals surface area contributed by atoms with E-state index in [4.69, 9.17) is 9.47 Å². The van der Waals surface area contributed by atoms with Gasteiger partial charge in [0.2, 0.25) is 0 Å². The van der Waals surface area contributed by atoms with Gasteiger partial charge >= 0.3 is 0 Å². The number of rotatable bonds is 5. The first kappa shape index (κ1) is 12.1. The highest BCUT2D eigenvalue weighted by atomic mass is 79.9. The summed E-state index contributed by atoms with van der Waals surface area (Å²) in [5, 5.41) is 0. The lowest BCUT2D eigenvalue weighted by Crippen LogP contribution is -2.22. The van der Waals surface area contributed by atoms with E-state index in [0.717, 1.165) is 27.7 Å². The zero-order valence-electron chi connectivity index (χ0n) is 8.66. The van der Waals surface area contributed by atoms with Crippen molar-refractivity contribution in [1.82, 2.24) is 0 Å². The van der Waals surface area contributed by atoms with Gasteiger partial charge in [0, 0.05) is 10.9 Å². The summed E-state index contributed by atoms with van der Waals surface area (Å²) in [5.41, 5.74) is 0. The van der Waals surface area contributed by atoms with Crippen molar-refractivity contribution in [3.8, 4) is 5.75 Å². The fraction of sp³-hybridized carbons (Fsp3) is 0.333. The summed E-state index contributed by atoms with van der Waals surface area (Å²) in [4.78, 5) is 0. The van der Waals surface area contributed by atoms with Crippen molar-refractivity contribution in [3.05, 3.63) is 39.8 Å². The van der Waals surface area contributed by atoms with E-state index in [1.807, 2.05) is 24.3 Å². The number of epoxide rings is 1. The van der Waals surface area contributed by atoms with Crippen LogP contribution in [0.5, 0.6) is 5.75 Å². The van der Waals surface area contributed by atoms with Crippen LogP contribution in [0.2, 0.25) is 0 Å². The zero-order chi connectivity index (χ0) is 11.5. The molecule has 0 amide bonds. The molecule has 1 aliphatic rings. The van der Waals surface area contributed by atoms with Crippen LogP contribution in [-0.2, 0) is 4.74 Å². The lowest BCUT2D eigenvalue weighted by atomic mass is 10.2. The van der Waals surface area contributed by atoms with E-state index in [1.165, 1.54) is 0 Å². The van der Waals surface area contributed by atoms with Crippen molar-refractivity contribution in [3.63, 3.8) is 0 Å². The smallest absolute Gasteiger partial charge is 0.135 e. The Morgan fingerprint density at radius 2 is 2.31 bits per heavy atom. The van der Waals surface area contributed by atoms with Crippen molar-refractivity contribution in [2.24, 2.45) is 0 Å². The normalized spacial score (nSPS) is 20.2. The Morgan fingerprint density at radius 3 is 2.94 bits per heavy atom. The lowest BCUT2D eigenvalue weighted by Gasteiger charge is -2.16. The van der Waals surface area contributed by atoms with Crippen molar-refractivity contribution in [2.75, 3.05) is 6.61 Å². The molecule has 0 spiro atoms. The van der Waals surface area contributed by atoms with Crippen LogP contribution in [-0.4, -0.2) is 18.8 Å². The van der Waals surface area contributed by atoms with Gasteiger partial charge in [0.05, 0.1) is 11.1 Å². The predicted octanol–water partition coefficient (Wildman–Crippen LogP) is 3.93. The van der Waals surface area contributed by atoms with Crippen LogP contribution in [0, 0.1) is 0 Å². The quantitative estimate of drug-likeness (QED) is 0.594. The van der Waals surface area contributed by atoms with E-state index in [2.05, 4.69) is 38.4 Å². The van der Waals surface area contributed by atoms with E-state index in [1.54, 1.807) is 0 Å². The van der Waals surface area contributed by atoms with Gasteiger partial charge in [-0.1, -0.05) is 22.0 Å². The number of hydrogen-bond donors (Lipinski definition) is 0. The summed E-state index contributed by atoms with van der Waals surface area (Å²) in [6, 6.07) is 5.87. The molecule has 0 saturated carbocycles. The van der Waals surface area contributed by atoms with Crippen LogP contribution in [0.3, 0.4) is 0 Å². The second kappa shape index (κ2) is 5.34. The standard InChI is InChI=1S/C12H12Br2O2/c1-2-3-10(12-7-15-12)16-11-6-8(13)4-5-9(11)14/h2,4-6,10,12H,1,3,7H2. The van der Waals surface area contributed by atoms with Crippen LogP contribution in [0.1, 0.15) is 6.42 Å². The minimum absolute atomic E-state index is 0.0584. The third-order valence-corrected chi connectivity index (χ3v) is 3.49. The van der Waals surface area contributed by atoms with Crippen molar-refractivity contribution < 1.29 is 9.47 Å². The molecule has 1 aromatic carbocycles. The van der Waals surface area contributed by atoms with Gasteiger partial charge in [-0.3, -0.25) is 0 Å². The molecular weight excluding hydrogens is 336 g/mol. The van der Waals surface area contributed by atoms with E-state index in [-0.39, 0.29) is 12.2 Å². The highest BCUT2D eigenvalue weighted by molar-refractivity contribution is 9.11. The number of ether oxygens (including phenoxy) is 2. The lowest BCUT2D eigenvalue weighted by molar-refractivity contribution is 0.161. The minimum atomic E-state index is 0.0584. The molecule has 1 aromatic rings. The fourth-order valence-electron chi connectivity index (χ4n) is 1.44.